The molecule has 0 aliphatic carbocycles. The molecule has 0 saturated carbocycles. The summed E-state index contributed by atoms with van der Waals surface area (Å²) in [5.41, 5.74) is 2.21. The molecule has 0 radical (unpaired) electrons. The Morgan fingerprint density at radius 3 is 2.56 bits per heavy atom. The number of aliphatic imine (C=N–C) groups is 1. The summed E-state index contributed by atoms with van der Waals surface area (Å²) in [6.07, 6.45) is 2.98. The molecule has 1 amide bonds. The molecular formula is C20H14Cl2N2O3. The summed E-state index contributed by atoms with van der Waals surface area (Å²) in [5.74, 6) is -0.223. The Morgan fingerprint density at radius 2 is 1.85 bits per heavy atom. The minimum Gasteiger partial charge on any atom is -0.402 e. The molecule has 0 unspecified atom stereocenters. The molecule has 2 aromatic rings. The van der Waals surface area contributed by atoms with Gasteiger partial charge >= 0.3 is 5.97 Å². The van der Waals surface area contributed by atoms with Crippen molar-refractivity contribution in [3.05, 3.63) is 69.3 Å². The zero-order valence-electron chi connectivity index (χ0n) is 14.1. The van der Waals surface area contributed by atoms with Crippen molar-refractivity contribution in [2.45, 2.75) is 12.8 Å². The highest BCUT2D eigenvalue weighted by Crippen LogP contribution is 2.29. The van der Waals surface area contributed by atoms with Crippen LogP contribution in [0.3, 0.4) is 0 Å². The molecule has 1 fully saturated rings. The van der Waals surface area contributed by atoms with Crippen LogP contribution in [0.1, 0.15) is 24.0 Å². The summed E-state index contributed by atoms with van der Waals surface area (Å²) in [5, 5.41) is 0.747. The summed E-state index contributed by atoms with van der Waals surface area (Å²) in [6.45, 7) is 0.724. The number of anilines is 1. The Labute approximate surface area is 165 Å². The average Bonchev–Trinajstić information content (AvgIpc) is 3.25. The summed E-state index contributed by atoms with van der Waals surface area (Å²) < 4.78 is 5.27. The van der Waals surface area contributed by atoms with Gasteiger partial charge < -0.3 is 9.64 Å². The minimum absolute atomic E-state index is 0.121. The number of hydrogen-bond acceptors (Lipinski definition) is 4. The normalized spacial score (nSPS) is 18.2. The van der Waals surface area contributed by atoms with E-state index >= 15 is 0 Å². The van der Waals surface area contributed by atoms with Crippen LogP contribution >= 0.6 is 23.2 Å². The Balaban J connectivity index is 1.60. The van der Waals surface area contributed by atoms with Crippen LogP contribution in [-0.2, 0) is 14.3 Å². The second-order valence-electron chi connectivity index (χ2n) is 6.17. The smallest absolute Gasteiger partial charge is 0.363 e. The van der Waals surface area contributed by atoms with Gasteiger partial charge in [-0.3, -0.25) is 4.79 Å². The SMILES string of the molecule is O=C1OC(c2ccc(N3CCCC3=O)cc2)=N/C1=C\c1cccc(Cl)c1Cl. The van der Waals surface area contributed by atoms with Gasteiger partial charge in [-0.15, -0.1) is 0 Å². The van der Waals surface area contributed by atoms with Crippen molar-refractivity contribution in [3.8, 4) is 0 Å². The summed E-state index contributed by atoms with van der Waals surface area (Å²) >= 11 is 12.2. The first-order chi connectivity index (χ1) is 13.0. The first-order valence-corrected chi connectivity index (χ1v) is 9.16. The van der Waals surface area contributed by atoms with E-state index in [4.69, 9.17) is 27.9 Å². The van der Waals surface area contributed by atoms with Crippen LogP contribution in [0.25, 0.3) is 6.08 Å². The fourth-order valence-corrected chi connectivity index (χ4v) is 3.38. The van der Waals surface area contributed by atoms with Gasteiger partial charge in [0.2, 0.25) is 11.8 Å². The lowest BCUT2D eigenvalue weighted by atomic mass is 10.2. The van der Waals surface area contributed by atoms with Gasteiger partial charge in [0, 0.05) is 24.2 Å². The molecule has 2 aliphatic heterocycles. The van der Waals surface area contributed by atoms with Crippen LogP contribution < -0.4 is 4.90 Å². The first-order valence-electron chi connectivity index (χ1n) is 8.40. The maximum absolute atomic E-state index is 12.1. The number of carbonyl (C=O) groups is 2. The lowest BCUT2D eigenvalue weighted by Gasteiger charge is -2.15. The zero-order chi connectivity index (χ0) is 19.0. The number of nitrogens with zero attached hydrogens (tertiary/aromatic N) is 2. The lowest BCUT2D eigenvalue weighted by Crippen LogP contribution is -2.23. The Kier molecular flexibility index (Phi) is 4.72. The van der Waals surface area contributed by atoms with E-state index in [0.717, 1.165) is 18.7 Å². The van der Waals surface area contributed by atoms with Crippen LogP contribution in [0, 0.1) is 0 Å². The molecule has 2 aliphatic rings. The van der Waals surface area contributed by atoms with Crippen molar-refractivity contribution in [2.24, 2.45) is 4.99 Å². The fourth-order valence-electron chi connectivity index (χ4n) is 3.02. The van der Waals surface area contributed by atoms with Gasteiger partial charge in [0.15, 0.2) is 5.70 Å². The molecule has 0 N–H and O–H groups in total. The van der Waals surface area contributed by atoms with Crippen molar-refractivity contribution in [3.63, 3.8) is 0 Å². The standard InChI is InChI=1S/C20H14Cl2N2O3/c21-15-4-1-3-13(18(15)22)11-16-20(26)27-19(23-16)12-6-8-14(9-7-12)24-10-2-5-17(24)25/h1,3-4,6-9,11H,2,5,10H2/b16-11-. The molecule has 27 heavy (non-hydrogen) atoms. The number of esters is 1. The second kappa shape index (κ2) is 7.18. The number of benzene rings is 2. The highest BCUT2D eigenvalue weighted by molar-refractivity contribution is 6.43. The third-order valence-corrected chi connectivity index (χ3v) is 5.23. The summed E-state index contributed by atoms with van der Waals surface area (Å²) in [7, 11) is 0. The Hall–Kier alpha value is -2.63. The number of amides is 1. The van der Waals surface area contributed by atoms with Gasteiger partial charge in [0.05, 0.1) is 10.0 Å². The minimum atomic E-state index is -0.556. The van der Waals surface area contributed by atoms with E-state index in [1.165, 1.54) is 0 Å². The van der Waals surface area contributed by atoms with E-state index in [0.29, 0.717) is 27.6 Å². The van der Waals surface area contributed by atoms with Gasteiger partial charge in [0.25, 0.3) is 0 Å². The largest absolute Gasteiger partial charge is 0.402 e. The second-order valence-corrected chi connectivity index (χ2v) is 6.96. The van der Waals surface area contributed by atoms with Crippen molar-refractivity contribution in [1.29, 1.82) is 0 Å². The highest BCUT2D eigenvalue weighted by atomic mass is 35.5. The van der Waals surface area contributed by atoms with Crippen LogP contribution in [0.15, 0.2) is 53.2 Å². The van der Waals surface area contributed by atoms with Crippen LogP contribution in [-0.4, -0.2) is 24.3 Å². The van der Waals surface area contributed by atoms with E-state index in [9.17, 15) is 9.59 Å². The molecule has 0 spiro atoms. The molecule has 2 aromatic carbocycles. The van der Waals surface area contributed by atoms with Crippen molar-refractivity contribution in [1.82, 2.24) is 0 Å². The molecule has 136 valence electrons. The monoisotopic (exact) mass is 400 g/mol. The van der Waals surface area contributed by atoms with Crippen molar-refractivity contribution >= 4 is 52.7 Å². The Bertz CT molecular complexity index is 997. The van der Waals surface area contributed by atoms with Gasteiger partial charge in [0.1, 0.15) is 0 Å². The maximum Gasteiger partial charge on any atom is 0.363 e. The zero-order valence-corrected chi connectivity index (χ0v) is 15.6. The third-order valence-electron chi connectivity index (χ3n) is 4.39. The highest BCUT2D eigenvalue weighted by Gasteiger charge is 2.26. The number of hydrogen-bond donors (Lipinski definition) is 0. The van der Waals surface area contributed by atoms with E-state index in [1.807, 2.05) is 12.1 Å². The van der Waals surface area contributed by atoms with Gasteiger partial charge in [-0.25, -0.2) is 9.79 Å². The van der Waals surface area contributed by atoms with Crippen molar-refractivity contribution < 1.29 is 14.3 Å². The molecule has 0 bridgehead atoms. The summed E-state index contributed by atoms with van der Waals surface area (Å²) in [4.78, 5) is 30.0. The topological polar surface area (TPSA) is 59.0 Å². The quantitative estimate of drug-likeness (QED) is 0.564. The van der Waals surface area contributed by atoms with Crippen LogP contribution in [0.2, 0.25) is 10.0 Å². The molecule has 2 heterocycles. The van der Waals surface area contributed by atoms with E-state index < -0.39 is 5.97 Å². The molecule has 7 heteroatoms. The van der Waals surface area contributed by atoms with Gasteiger partial charge in [-0.1, -0.05) is 35.3 Å². The third kappa shape index (κ3) is 3.48. The predicted molar refractivity (Wildman–Crippen MR) is 105 cm³/mol. The number of carbonyl (C=O) groups excluding carboxylic acids is 2. The van der Waals surface area contributed by atoms with Gasteiger partial charge in [-0.2, -0.15) is 0 Å². The molecule has 5 nitrogen and oxygen atoms in total. The average molecular weight is 401 g/mol. The number of halogens is 2. The summed E-state index contributed by atoms with van der Waals surface area (Å²) in [6, 6.07) is 12.4. The number of rotatable bonds is 3. The van der Waals surface area contributed by atoms with E-state index in [2.05, 4.69) is 4.99 Å². The molecule has 4 rings (SSSR count). The molecule has 0 atom stereocenters. The fraction of sp³-hybridized carbons (Fsp3) is 0.150. The van der Waals surface area contributed by atoms with Crippen molar-refractivity contribution in [2.75, 3.05) is 11.4 Å². The van der Waals surface area contributed by atoms with E-state index in [1.54, 1.807) is 41.3 Å². The maximum atomic E-state index is 12.1. The molecule has 0 aromatic heterocycles. The predicted octanol–water partition coefficient (Wildman–Crippen LogP) is 4.46. The first kappa shape index (κ1) is 17.8. The molecular weight excluding hydrogens is 387 g/mol. The Morgan fingerprint density at radius 1 is 1.07 bits per heavy atom. The lowest BCUT2D eigenvalue weighted by molar-refractivity contribution is -0.130. The van der Waals surface area contributed by atoms with Crippen LogP contribution in [0.4, 0.5) is 5.69 Å². The number of ether oxygens (including phenoxy) is 1. The van der Waals surface area contributed by atoms with E-state index in [-0.39, 0.29) is 17.5 Å². The number of cyclic esters (lactones) is 1. The van der Waals surface area contributed by atoms with Gasteiger partial charge in [-0.05, 0) is 48.4 Å². The van der Waals surface area contributed by atoms with Crippen LogP contribution in [0.5, 0.6) is 0 Å². The molecule has 1 saturated heterocycles.